The van der Waals surface area contributed by atoms with Crippen LogP contribution >= 0.6 is 11.3 Å². The highest BCUT2D eigenvalue weighted by molar-refractivity contribution is 7.90. The summed E-state index contributed by atoms with van der Waals surface area (Å²) in [5.41, 5.74) is 3.92. The van der Waals surface area contributed by atoms with Gasteiger partial charge in [0, 0.05) is 31.7 Å². The molecule has 0 fully saturated rings. The number of benzene rings is 2. The summed E-state index contributed by atoms with van der Waals surface area (Å²) in [5, 5.41) is 0.686. The van der Waals surface area contributed by atoms with Crippen molar-refractivity contribution in [3.8, 4) is 0 Å². The van der Waals surface area contributed by atoms with Crippen molar-refractivity contribution in [2.45, 2.75) is 38.1 Å². The van der Waals surface area contributed by atoms with Gasteiger partial charge < -0.3 is 4.57 Å². The maximum absolute atomic E-state index is 13.4. The predicted molar refractivity (Wildman–Crippen MR) is 132 cm³/mol. The number of nitrogens with zero attached hydrogens (tertiary/aromatic N) is 4. The maximum Gasteiger partial charge on any atom is 0.233 e. The molecule has 0 aliphatic rings. The van der Waals surface area contributed by atoms with Gasteiger partial charge in [-0.1, -0.05) is 35.6 Å². The van der Waals surface area contributed by atoms with E-state index < -0.39 is 9.84 Å². The first-order chi connectivity index (χ1) is 15.7. The standard InChI is InChI=1S/C24H26N4O3S2/c1-17-5-6-18(2)23-22(17)26-24(32-23)28(13-4-12-27-14-11-25-16-27)21(29)15-19-7-9-20(10-8-19)33(3,30)31/h5-11,14,16H,4,12-13,15H2,1-3H3. The number of amides is 1. The Morgan fingerprint density at radius 1 is 1.09 bits per heavy atom. The Kier molecular flexibility index (Phi) is 6.62. The number of imidazole rings is 1. The van der Waals surface area contributed by atoms with E-state index in [1.807, 2.05) is 17.7 Å². The average Bonchev–Trinajstić information content (AvgIpc) is 3.44. The molecule has 172 valence electrons. The minimum absolute atomic E-state index is 0.0675. The highest BCUT2D eigenvalue weighted by atomic mass is 32.2. The van der Waals surface area contributed by atoms with E-state index in [-0.39, 0.29) is 17.2 Å². The van der Waals surface area contributed by atoms with Crippen molar-refractivity contribution in [2.24, 2.45) is 0 Å². The number of rotatable bonds is 8. The zero-order valence-corrected chi connectivity index (χ0v) is 20.5. The summed E-state index contributed by atoms with van der Waals surface area (Å²) in [6.45, 7) is 5.35. The molecule has 0 N–H and O–H groups in total. The van der Waals surface area contributed by atoms with Gasteiger partial charge in [0.05, 0.1) is 27.9 Å². The first kappa shape index (κ1) is 23.1. The topological polar surface area (TPSA) is 85.2 Å². The zero-order chi connectivity index (χ0) is 23.6. The lowest BCUT2D eigenvalue weighted by Crippen LogP contribution is -2.33. The molecule has 0 atom stereocenters. The number of anilines is 1. The zero-order valence-electron chi connectivity index (χ0n) is 18.9. The molecule has 33 heavy (non-hydrogen) atoms. The lowest BCUT2D eigenvalue weighted by atomic mass is 10.1. The highest BCUT2D eigenvalue weighted by Crippen LogP contribution is 2.33. The minimum atomic E-state index is -3.28. The van der Waals surface area contributed by atoms with Crippen molar-refractivity contribution in [3.05, 3.63) is 71.8 Å². The number of sulfone groups is 1. The van der Waals surface area contributed by atoms with E-state index in [0.717, 1.165) is 39.9 Å². The summed E-state index contributed by atoms with van der Waals surface area (Å²) in [4.78, 5) is 24.3. The molecule has 1 amide bonds. The van der Waals surface area contributed by atoms with Crippen LogP contribution in [-0.2, 0) is 27.6 Å². The average molecular weight is 483 g/mol. The fourth-order valence-electron chi connectivity index (χ4n) is 3.65. The molecule has 0 aliphatic heterocycles. The van der Waals surface area contributed by atoms with Crippen molar-refractivity contribution in [1.82, 2.24) is 14.5 Å². The summed E-state index contributed by atoms with van der Waals surface area (Å²) in [7, 11) is -3.28. The van der Waals surface area contributed by atoms with Gasteiger partial charge in [-0.05, 0) is 49.1 Å². The largest absolute Gasteiger partial charge is 0.337 e. The monoisotopic (exact) mass is 482 g/mol. The van der Waals surface area contributed by atoms with Gasteiger partial charge in [-0.25, -0.2) is 18.4 Å². The summed E-state index contributed by atoms with van der Waals surface area (Å²) >= 11 is 1.53. The fourth-order valence-corrected chi connectivity index (χ4v) is 5.43. The van der Waals surface area contributed by atoms with Crippen LogP contribution in [0.15, 0.2) is 60.0 Å². The molecule has 4 aromatic rings. The molecule has 0 bridgehead atoms. The van der Waals surface area contributed by atoms with Crippen LogP contribution in [0.2, 0.25) is 0 Å². The molecular formula is C24H26N4O3S2. The van der Waals surface area contributed by atoms with Crippen LogP contribution in [0.3, 0.4) is 0 Å². The Hall–Kier alpha value is -3.04. The van der Waals surface area contributed by atoms with Gasteiger partial charge in [-0.2, -0.15) is 0 Å². The molecule has 0 unspecified atom stereocenters. The van der Waals surface area contributed by atoms with E-state index in [0.29, 0.717) is 11.7 Å². The number of hydrogen-bond acceptors (Lipinski definition) is 6. The van der Waals surface area contributed by atoms with Crippen LogP contribution in [0.1, 0.15) is 23.1 Å². The van der Waals surface area contributed by atoms with E-state index >= 15 is 0 Å². The molecule has 9 heteroatoms. The van der Waals surface area contributed by atoms with Crippen molar-refractivity contribution in [2.75, 3.05) is 17.7 Å². The Labute approximate surface area is 197 Å². The number of aryl methyl sites for hydroxylation is 3. The van der Waals surface area contributed by atoms with Gasteiger partial charge in [0.1, 0.15) is 0 Å². The summed E-state index contributed by atoms with van der Waals surface area (Å²) in [6, 6.07) is 10.6. The first-order valence-electron chi connectivity index (χ1n) is 10.6. The highest BCUT2D eigenvalue weighted by Gasteiger charge is 2.21. The van der Waals surface area contributed by atoms with E-state index in [4.69, 9.17) is 4.98 Å². The Morgan fingerprint density at radius 3 is 2.45 bits per heavy atom. The Balaban J connectivity index is 1.59. The molecule has 0 aliphatic carbocycles. The lowest BCUT2D eigenvalue weighted by molar-refractivity contribution is -0.118. The molecule has 0 spiro atoms. The van der Waals surface area contributed by atoms with Crippen LogP contribution in [0.25, 0.3) is 10.2 Å². The van der Waals surface area contributed by atoms with Gasteiger partial charge >= 0.3 is 0 Å². The number of carbonyl (C=O) groups is 1. The summed E-state index contributed by atoms with van der Waals surface area (Å²) in [5.74, 6) is -0.0675. The Morgan fingerprint density at radius 2 is 1.82 bits per heavy atom. The van der Waals surface area contributed by atoms with E-state index in [2.05, 4.69) is 24.0 Å². The van der Waals surface area contributed by atoms with E-state index in [1.165, 1.54) is 17.6 Å². The number of thiazole rings is 1. The van der Waals surface area contributed by atoms with Crippen LogP contribution in [0.5, 0.6) is 0 Å². The third-order valence-electron chi connectivity index (χ3n) is 5.53. The number of carbonyl (C=O) groups excluding carboxylic acids is 1. The summed E-state index contributed by atoms with van der Waals surface area (Å²) < 4.78 is 26.5. The fraction of sp³-hybridized carbons (Fsp3) is 0.292. The van der Waals surface area contributed by atoms with Crippen molar-refractivity contribution >= 4 is 42.4 Å². The van der Waals surface area contributed by atoms with Crippen molar-refractivity contribution in [3.63, 3.8) is 0 Å². The van der Waals surface area contributed by atoms with Gasteiger partial charge in [-0.15, -0.1) is 0 Å². The third kappa shape index (κ3) is 5.31. The van der Waals surface area contributed by atoms with E-state index in [9.17, 15) is 13.2 Å². The van der Waals surface area contributed by atoms with Crippen LogP contribution < -0.4 is 4.90 Å². The van der Waals surface area contributed by atoms with Crippen molar-refractivity contribution in [1.29, 1.82) is 0 Å². The molecule has 7 nitrogen and oxygen atoms in total. The second kappa shape index (κ2) is 9.44. The molecule has 2 heterocycles. The quantitative estimate of drug-likeness (QED) is 0.376. The summed E-state index contributed by atoms with van der Waals surface area (Å²) in [6.07, 6.45) is 7.50. The number of aromatic nitrogens is 3. The van der Waals surface area contributed by atoms with Gasteiger partial charge in [0.25, 0.3) is 0 Å². The van der Waals surface area contributed by atoms with Gasteiger partial charge in [0.2, 0.25) is 5.91 Å². The number of hydrogen-bond donors (Lipinski definition) is 0. The van der Waals surface area contributed by atoms with Crippen LogP contribution in [0, 0.1) is 13.8 Å². The SMILES string of the molecule is Cc1ccc(C)c2sc(N(CCCn3ccnc3)C(=O)Cc3ccc(S(C)(=O)=O)cc3)nc12. The molecular weight excluding hydrogens is 456 g/mol. The second-order valence-corrected chi connectivity index (χ2v) is 11.2. The van der Waals surface area contributed by atoms with Crippen molar-refractivity contribution < 1.29 is 13.2 Å². The molecule has 0 radical (unpaired) electrons. The van der Waals surface area contributed by atoms with Crippen LogP contribution in [-0.4, -0.2) is 41.7 Å². The molecule has 2 aromatic heterocycles. The Bertz CT molecular complexity index is 1340. The molecule has 0 saturated heterocycles. The molecule has 4 rings (SSSR count). The van der Waals surface area contributed by atoms with Gasteiger partial charge in [-0.3, -0.25) is 9.69 Å². The first-order valence-corrected chi connectivity index (χ1v) is 13.3. The molecule has 0 saturated carbocycles. The number of fused-ring (bicyclic) bond motifs is 1. The second-order valence-electron chi connectivity index (χ2n) is 8.17. The smallest absolute Gasteiger partial charge is 0.233 e. The van der Waals surface area contributed by atoms with Crippen LogP contribution in [0.4, 0.5) is 5.13 Å². The van der Waals surface area contributed by atoms with Gasteiger partial charge in [0.15, 0.2) is 15.0 Å². The lowest BCUT2D eigenvalue weighted by Gasteiger charge is -2.20. The van der Waals surface area contributed by atoms with E-state index in [1.54, 1.807) is 41.7 Å². The third-order valence-corrected chi connectivity index (χ3v) is 7.87. The maximum atomic E-state index is 13.4. The predicted octanol–water partition coefficient (Wildman–Crippen LogP) is 4.18. The minimum Gasteiger partial charge on any atom is -0.337 e. The molecule has 2 aromatic carbocycles. The normalized spacial score (nSPS) is 11.7.